The smallest absolute Gasteiger partial charge is 0.115 e. The van der Waals surface area contributed by atoms with E-state index in [4.69, 9.17) is 0 Å². The van der Waals surface area contributed by atoms with E-state index in [-0.39, 0.29) is 0 Å². The second-order valence-corrected chi connectivity index (χ2v) is 5.50. The Morgan fingerprint density at radius 3 is 2.75 bits per heavy atom. The first kappa shape index (κ1) is 10.2. The molecule has 2 aliphatic rings. The van der Waals surface area contributed by atoms with Gasteiger partial charge in [0.1, 0.15) is 5.75 Å². The minimum absolute atomic E-state index is 0.392. The Hall–Kier alpha value is -1.02. The lowest BCUT2D eigenvalue weighted by Gasteiger charge is -2.16. The summed E-state index contributed by atoms with van der Waals surface area (Å²) in [5, 5.41) is 13.1. The van der Waals surface area contributed by atoms with E-state index in [0.29, 0.717) is 11.2 Å². The second-order valence-electron chi connectivity index (χ2n) is 5.50. The lowest BCUT2D eigenvalue weighted by molar-refractivity contribution is 0.449. The third-order valence-corrected chi connectivity index (χ3v) is 3.79. The Morgan fingerprint density at radius 2 is 2.12 bits per heavy atom. The molecule has 0 aromatic heterocycles. The van der Waals surface area contributed by atoms with Gasteiger partial charge in [-0.2, -0.15) is 0 Å². The zero-order valence-electron chi connectivity index (χ0n) is 9.58. The molecule has 16 heavy (non-hydrogen) atoms. The number of phenolic OH excluding ortho intramolecular Hbond substituents is 1. The number of hydrogen-bond donors (Lipinski definition) is 2. The van der Waals surface area contributed by atoms with Gasteiger partial charge in [-0.3, -0.25) is 0 Å². The molecule has 0 atom stereocenters. The molecule has 1 aromatic rings. The van der Waals surface area contributed by atoms with Crippen LogP contribution in [0.2, 0.25) is 0 Å². The van der Waals surface area contributed by atoms with Gasteiger partial charge in [0, 0.05) is 12.6 Å². The van der Waals surface area contributed by atoms with Gasteiger partial charge in [-0.1, -0.05) is 12.1 Å². The third-order valence-electron chi connectivity index (χ3n) is 3.79. The molecule has 2 aliphatic carbocycles. The van der Waals surface area contributed by atoms with Gasteiger partial charge < -0.3 is 10.4 Å². The van der Waals surface area contributed by atoms with E-state index in [1.165, 1.54) is 31.2 Å². The van der Waals surface area contributed by atoms with Gasteiger partial charge in [0.25, 0.3) is 0 Å². The molecule has 0 saturated heterocycles. The maximum atomic E-state index is 9.44. The van der Waals surface area contributed by atoms with Crippen molar-refractivity contribution in [3.05, 3.63) is 29.8 Å². The summed E-state index contributed by atoms with van der Waals surface area (Å²) in [4.78, 5) is 0. The van der Waals surface area contributed by atoms with Gasteiger partial charge in [0.15, 0.2) is 0 Å². The molecule has 0 unspecified atom stereocenters. The number of benzene rings is 1. The first-order valence-corrected chi connectivity index (χ1v) is 6.27. The molecule has 86 valence electrons. The van der Waals surface area contributed by atoms with Crippen molar-refractivity contribution in [2.24, 2.45) is 5.41 Å². The molecule has 0 bridgehead atoms. The normalized spacial score (nSPS) is 22.0. The largest absolute Gasteiger partial charge is 0.508 e. The highest BCUT2D eigenvalue weighted by molar-refractivity contribution is 5.28. The van der Waals surface area contributed by atoms with Gasteiger partial charge >= 0.3 is 0 Å². The first-order chi connectivity index (χ1) is 7.76. The molecular weight excluding hydrogens is 198 g/mol. The summed E-state index contributed by atoms with van der Waals surface area (Å²) in [6.45, 7) is 1.16. The SMILES string of the molecule is Oc1cccc(CC2(CNC3CC3)CC2)c1. The number of rotatable bonds is 5. The molecule has 0 heterocycles. The maximum Gasteiger partial charge on any atom is 0.115 e. The molecule has 3 rings (SSSR count). The van der Waals surface area contributed by atoms with Crippen molar-refractivity contribution in [3.63, 3.8) is 0 Å². The zero-order valence-corrected chi connectivity index (χ0v) is 9.58. The van der Waals surface area contributed by atoms with E-state index in [1.807, 2.05) is 12.1 Å². The van der Waals surface area contributed by atoms with Crippen LogP contribution < -0.4 is 5.32 Å². The summed E-state index contributed by atoms with van der Waals surface area (Å²) < 4.78 is 0. The van der Waals surface area contributed by atoms with Gasteiger partial charge in [-0.15, -0.1) is 0 Å². The summed E-state index contributed by atoms with van der Waals surface area (Å²) in [7, 11) is 0. The summed E-state index contributed by atoms with van der Waals surface area (Å²) in [6, 6.07) is 8.51. The number of hydrogen-bond acceptors (Lipinski definition) is 2. The van der Waals surface area contributed by atoms with Crippen molar-refractivity contribution in [2.75, 3.05) is 6.54 Å². The molecule has 2 N–H and O–H groups in total. The lowest BCUT2D eigenvalue weighted by atomic mass is 9.96. The van der Waals surface area contributed by atoms with E-state index in [9.17, 15) is 5.11 Å². The minimum Gasteiger partial charge on any atom is -0.508 e. The maximum absolute atomic E-state index is 9.44. The molecule has 0 amide bonds. The molecule has 0 spiro atoms. The van der Waals surface area contributed by atoms with E-state index < -0.39 is 0 Å². The summed E-state index contributed by atoms with van der Waals surface area (Å²) >= 11 is 0. The average Bonchev–Trinajstić information content (AvgIpc) is 3.11. The average molecular weight is 217 g/mol. The van der Waals surface area contributed by atoms with Gasteiger partial charge in [-0.05, 0) is 55.2 Å². The first-order valence-electron chi connectivity index (χ1n) is 6.27. The highest BCUT2D eigenvalue weighted by Crippen LogP contribution is 2.48. The van der Waals surface area contributed by atoms with Crippen LogP contribution >= 0.6 is 0 Å². The fourth-order valence-electron chi connectivity index (χ4n) is 2.34. The topological polar surface area (TPSA) is 32.3 Å². The van der Waals surface area contributed by atoms with Crippen molar-refractivity contribution in [1.82, 2.24) is 5.32 Å². The van der Waals surface area contributed by atoms with Crippen LogP contribution in [0.3, 0.4) is 0 Å². The van der Waals surface area contributed by atoms with Crippen molar-refractivity contribution in [1.29, 1.82) is 0 Å². The molecule has 2 fully saturated rings. The molecular formula is C14H19NO. The Bertz CT molecular complexity index is 380. The predicted molar refractivity (Wildman–Crippen MR) is 64.5 cm³/mol. The second kappa shape index (κ2) is 3.77. The van der Waals surface area contributed by atoms with Crippen molar-refractivity contribution in [2.45, 2.75) is 38.1 Å². The third kappa shape index (κ3) is 2.38. The molecule has 0 aliphatic heterocycles. The fourth-order valence-corrected chi connectivity index (χ4v) is 2.34. The van der Waals surface area contributed by atoms with Gasteiger partial charge in [-0.25, -0.2) is 0 Å². The monoisotopic (exact) mass is 217 g/mol. The highest BCUT2D eigenvalue weighted by Gasteiger charge is 2.43. The molecule has 2 heteroatoms. The van der Waals surface area contributed by atoms with Crippen LogP contribution in [0.25, 0.3) is 0 Å². The quantitative estimate of drug-likeness (QED) is 0.794. The van der Waals surface area contributed by atoms with Gasteiger partial charge in [0.05, 0.1) is 0 Å². The van der Waals surface area contributed by atoms with Crippen molar-refractivity contribution in [3.8, 4) is 5.75 Å². The Kier molecular flexibility index (Phi) is 2.40. The number of nitrogens with one attached hydrogen (secondary N) is 1. The molecule has 1 aromatic carbocycles. The zero-order chi connectivity index (χ0) is 11.0. The Labute approximate surface area is 96.7 Å². The van der Waals surface area contributed by atoms with Crippen molar-refractivity contribution >= 4 is 0 Å². The highest BCUT2D eigenvalue weighted by atomic mass is 16.3. The van der Waals surface area contributed by atoms with E-state index >= 15 is 0 Å². The number of phenols is 1. The van der Waals surface area contributed by atoms with Crippen LogP contribution in [-0.4, -0.2) is 17.7 Å². The fraction of sp³-hybridized carbons (Fsp3) is 0.571. The Balaban J connectivity index is 1.60. The lowest BCUT2D eigenvalue weighted by Crippen LogP contribution is -2.27. The minimum atomic E-state index is 0.392. The van der Waals surface area contributed by atoms with Crippen LogP contribution in [0.5, 0.6) is 5.75 Å². The Morgan fingerprint density at radius 1 is 1.31 bits per heavy atom. The van der Waals surface area contributed by atoms with E-state index in [1.54, 1.807) is 6.07 Å². The number of aromatic hydroxyl groups is 1. The predicted octanol–water partition coefficient (Wildman–Crippen LogP) is 2.47. The van der Waals surface area contributed by atoms with E-state index in [0.717, 1.165) is 19.0 Å². The molecule has 2 saturated carbocycles. The summed E-state index contributed by atoms with van der Waals surface area (Å²) in [6.07, 6.45) is 6.51. The van der Waals surface area contributed by atoms with Crippen LogP contribution in [0.4, 0.5) is 0 Å². The van der Waals surface area contributed by atoms with Crippen LogP contribution in [-0.2, 0) is 6.42 Å². The summed E-state index contributed by atoms with van der Waals surface area (Å²) in [5.41, 5.74) is 1.77. The van der Waals surface area contributed by atoms with Crippen LogP contribution in [0.15, 0.2) is 24.3 Å². The molecule has 0 radical (unpaired) electrons. The van der Waals surface area contributed by atoms with Gasteiger partial charge in [0.2, 0.25) is 0 Å². The van der Waals surface area contributed by atoms with E-state index in [2.05, 4.69) is 11.4 Å². The van der Waals surface area contributed by atoms with Crippen molar-refractivity contribution < 1.29 is 5.11 Å². The van der Waals surface area contributed by atoms with Crippen LogP contribution in [0, 0.1) is 5.41 Å². The molecule has 2 nitrogen and oxygen atoms in total. The standard InChI is InChI=1S/C14H19NO/c16-13-3-1-2-11(8-13)9-14(6-7-14)10-15-12-4-5-12/h1-3,8,12,15-16H,4-7,9-10H2. The van der Waals surface area contributed by atoms with Crippen LogP contribution in [0.1, 0.15) is 31.2 Å². The summed E-state index contributed by atoms with van der Waals surface area (Å²) in [5.74, 6) is 0.392.